The second kappa shape index (κ2) is 2.88. The first-order valence-corrected chi connectivity index (χ1v) is 5.56. The molecule has 16 heavy (non-hydrogen) atoms. The van der Waals surface area contributed by atoms with E-state index in [2.05, 4.69) is 20.9 Å². The van der Waals surface area contributed by atoms with Gasteiger partial charge in [-0.2, -0.15) is 13.2 Å². The average Bonchev–Trinajstić information content (AvgIpc) is 2.84. The van der Waals surface area contributed by atoms with Crippen LogP contribution in [0.5, 0.6) is 0 Å². The van der Waals surface area contributed by atoms with E-state index in [-0.39, 0.29) is 5.92 Å². The number of halogens is 4. The summed E-state index contributed by atoms with van der Waals surface area (Å²) in [6.45, 7) is 0.503. The highest BCUT2D eigenvalue weighted by Crippen LogP contribution is 2.52. The fourth-order valence-electron chi connectivity index (χ4n) is 2.20. The second-order valence-electron chi connectivity index (χ2n) is 4.15. The number of hydrogen-bond acceptors (Lipinski definition) is 2. The SMILES string of the molecule is O=c1c(Br)c(C(F)(F)F)nc2n1CC1CC21. The first kappa shape index (κ1) is 10.3. The second-order valence-corrected chi connectivity index (χ2v) is 4.94. The lowest BCUT2D eigenvalue weighted by Crippen LogP contribution is -2.27. The standard InChI is InChI=1S/C9H6BrF3N2O/c10-5-6(9(11,12)13)14-7-4-1-3(4)2-15(7)8(5)16/h3-4H,1-2H2. The van der Waals surface area contributed by atoms with Crippen LogP contribution in [0.15, 0.2) is 9.27 Å². The number of fused-ring (bicyclic) bond motifs is 3. The number of nitrogens with zero attached hydrogens (tertiary/aromatic N) is 2. The minimum Gasteiger partial charge on any atom is -0.295 e. The van der Waals surface area contributed by atoms with Gasteiger partial charge in [-0.3, -0.25) is 9.36 Å². The highest BCUT2D eigenvalue weighted by molar-refractivity contribution is 9.10. The van der Waals surface area contributed by atoms with Gasteiger partial charge in [0.25, 0.3) is 5.56 Å². The summed E-state index contributed by atoms with van der Waals surface area (Å²) < 4.78 is 38.7. The Bertz CT molecular complexity index is 537. The molecule has 3 nitrogen and oxygen atoms in total. The van der Waals surface area contributed by atoms with Crippen LogP contribution in [0.3, 0.4) is 0 Å². The molecule has 0 saturated heterocycles. The first-order valence-electron chi connectivity index (χ1n) is 4.77. The predicted octanol–water partition coefficient (Wildman–Crippen LogP) is 2.14. The summed E-state index contributed by atoms with van der Waals surface area (Å²) >= 11 is 2.69. The van der Waals surface area contributed by atoms with E-state index in [1.165, 1.54) is 4.57 Å². The third-order valence-corrected chi connectivity index (χ3v) is 3.80. The van der Waals surface area contributed by atoms with Gasteiger partial charge in [0.15, 0.2) is 5.69 Å². The molecule has 1 aromatic heterocycles. The molecule has 2 heterocycles. The van der Waals surface area contributed by atoms with Crippen molar-refractivity contribution >= 4 is 15.9 Å². The normalized spacial score (nSPS) is 26.5. The third kappa shape index (κ3) is 1.27. The van der Waals surface area contributed by atoms with Crippen LogP contribution < -0.4 is 5.56 Å². The van der Waals surface area contributed by atoms with E-state index in [1.54, 1.807) is 0 Å². The molecule has 0 amide bonds. The van der Waals surface area contributed by atoms with Crippen LogP contribution in [0.2, 0.25) is 0 Å². The zero-order valence-electron chi connectivity index (χ0n) is 7.88. The Morgan fingerprint density at radius 1 is 1.44 bits per heavy atom. The number of alkyl halides is 3. The molecule has 2 unspecified atom stereocenters. The van der Waals surface area contributed by atoms with Gasteiger partial charge in [0.2, 0.25) is 0 Å². The van der Waals surface area contributed by atoms with Crippen molar-refractivity contribution in [1.82, 2.24) is 9.55 Å². The lowest BCUT2D eigenvalue weighted by Gasteiger charge is -2.12. The number of aromatic nitrogens is 2. The summed E-state index contributed by atoms with van der Waals surface area (Å²) in [6.07, 6.45) is -3.73. The Kier molecular flexibility index (Phi) is 1.86. The van der Waals surface area contributed by atoms with Gasteiger partial charge in [-0.05, 0) is 28.3 Å². The summed E-state index contributed by atoms with van der Waals surface area (Å²) in [5.41, 5.74) is -1.72. The molecule has 3 rings (SSSR count). The highest BCUT2D eigenvalue weighted by Gasteiger charge is 2.49. The molecule has 2 atom stereocenters. The van der Waals surface area contributed by atoms with Crippen LogP contribution in [0, 0.1) is 5.92 Å². The van der Waals surface area contributed by atoms with Crippen molar-refractivity contribution in [1.29, 1.82) is 0 Å². The van der Waals surface area contributed by atoms with Crippen LogP contribution >= 0.6 is 15.9 Å². The van der Waals surface area contributed by atoms with Gasteiger partial charge in [-0.1, -0.05) is 0 Å². The van der Waals surface area contributed by atoms with E-state index >= 15 is 0 Å². The average molecular weight is 295 g/mol. The van der Waals surface area contributed by atoms with E-state index in [9.17, 15) is 18.0 Å². The van der Waals surface area contributed by atoms with Crippen LogP contribution in [-0.2, 0) is 12.7 Å². The third-order valence-electron chi connectivity index (χ3n) is 3.08. The lowest BCUT2D eigenvalue weighted by molar-refractivity contribution is -0.142. The number of rotatable bonds is 0. The molecule has 1 fully saturated rings. The van der Waals surface area contributed by atoms with Gasteiger partial charge in [0.05, 0.1) is 0 Å². The Balaban J connectivity index is 2.26. The summed E-state index contributed by atoms with van der Waals surface area (Å²) in [5.74, 6) is 0.669. The van der Waals surface area contributed by atoms with Crippen molar-refractivity contribution in [3.8, 4) is 0 Å². The molecule has 1 aliphatic carbocycles. The molecular formula is C9H6BrF3N2O. The van der Waals surface area contributed by atoms with Gasteiger partial charge in [-0.25, -0.2) is 4.98 Å². The summed E-state index contributed by atoms with van der Waals surface area (Å²) in [7, 11) is 0. The smallest absolute Gasteiger partial charge is 0.295 e. The molecule has 0 spiro atoms. The minimum atomic E-state index is -4.58. The maximum Gasteiger partial charge on any atom is 0.434 e. The maximum absolute atomic E-state index is 12.6. The number of hydrogen-bond donors (Lipinski definition) is 0. The van der Waals surface area contributed by atoms with Gasteiger partial charge < -0.3 is 0 Å². The van der Waals surface area contributed by atoms with E-state index in [0.29, 0.717) is 18.3 Å². The first-order chi connectivity index (χ1) is 7.39. The summed E-state index contributed by atoms with van der Waals surface area (Å²) in [5, 5.41) is 0. The Morgan fingerprint density at radius 3 is 2.75 bits per heavy atom. The Morgan fingerprint density at radius 2 is 2.12 bits per heavy atom. The van der Waals surface area contributed by atoms with Gasteiger partial charge in [-0.15, -0.1) is 0 Å². The molecule has 86 valence electrons. The van der Waals surface area contributed by atoms with Crippen molar-refractivity contribution < 1.29 is 13.2 Å². The van der Waals surface area contributed by atoms with Crippen molar-refractivity contribution in [2.24, 2.45) is 5.92 Å². The topological polar surface area (TPSA) is 34.9 Å². The molecule has 0 radical (unpaired) electrons. The van der Waals surface area contributed by atoms with Crippen LogP contribution in [0.4, 0.5) is 13.2 Å². The van der Waals surface area contributed by atoms with Crippen LogP contribution in [0.1, 0.15) is 23.9 Å². The fraction of sp³-hybridized carbons (Fsp3) is 0.556. The van der Waals surface area contributed by atoms with Crippen molar-refractivity contribution in [2.75, 3.05) is 0 Å². The largest absolute Gasteiger partial charge is 0.434 e. The fourth-order valence-corrected chi connectivity index (χ4v) is 2.72. The molecule has 1 saturated carbocycles. The maximum atomic E-state index is 12.6. The van der Waals surface area contributed by atoms with E-state index in [4.69, 9.17) is 0 Å². The molecule has 0 aromatic carbocycles. The van der Waals surface area contributed by atoms with E-state index in [1.807, 2.05) is 0 Å². The zero-order chi connectivity index (χ0) is 11.7. The molecule has 1 aliphatic heterocycles. The van der Waals surface area contributed by atoms with Crippen molar-refractivity contribution in [3.05, 3.63) is 26.3 Å². The predicted molar refractivity (Wildman–Crippen MR) is 52.0 cm³/mol. The van der Waals surface area contributed by atoms with Crippen molar-refractivity contribution in [2.45, 2.75) is 25.1 Å². The zero-order valence-corrected chi connectivity index (χ0v) is 9.47. The monoisotopic (exact) mass is 294 g/mol. The van der Waals surface area contributed by atoms with Crippen LogP contribution in [-0.4, -0.2) is 9.55 Å². The molecule has 2 aliphatic rings. The quantitative estimate of drug-likeness (QED) is 0.735. The van der Waals surface area contributed by atoms with E-state index in [0.717, 1.165) is 6.42 Å². The van der Waals surface area contributed by atoms with Gasteiger partial charge in [0.1, 0.15) is 10.3 Å². The Labute approximate surface area is 96.4 Å². The highest BCUT2D eigenvalue weighted by atomic mass is 79.9. The molecule has 0 bridgehead atoms. The molecule has 7 heteroatoms. The lowest BCUT2D eigenvalue weighted by atomic mass is 10.3. The van der Waals surface area contributed by atoms with E-state index < -0.39 is 21.9 Å². The Hall–Kier alpha value is -0.850. The molecule has 1 aromatic rings. The summed E-state index contributed by atoms with van der Waals surface area (Å²) in [6, 6.07) is 0. The van der Waals surface area contributed by atoms with Crippen LogP contribution in [0.25, 0.3) is 0 Å². The summed E-state index contributed by atoms with van der Waals surface area (Å²) in [4.78, 5) is 15.3. The van der Waals surface area contributed by atoms with Gasteiger partial charge in [0, 0.05) is 12.5 Å². The minimum absolute atomic E-state index is 0.0573. The van der Waals surface area contributed by atoms with Gasteiger partial charge >= 0.3 is 6.18 Å². The molecule has 0 N–H and O–H groups in total. The van der Waals surface area contributed by atoms with Crippen molar-refractivity contribution in [3.63, 3.8) is 0 Å². The molecular weight excluding hydrogens is 289 g/mol.